The molecule has 2 atom stereocenters. The van der Waals surface area contributed by atoms with Gasteiger partial charge in [-0.3, -0.25) is 0 Å². The van der Waals surface area contributed by atoms with E-state index in [0.29, 0.717) is 0 Å². The fourth-order valence-corrected chi connectivity index (χ4v) is 3.15. The van der Waals surface area contributed by atoms with E-state index in [1.807, 2.05) is 55.5 Å². The summed E-state index contributed by atoms with van der Waals surface area (Å²) in [5.74, 6) is 0. The van der Waals surface area contributed by atoms with Crippen molar-refractivity contribution in [2.45, 2.75) is 30.7 Å². The van der Waals surface area contributed by atoms with Crippen molar-refractivity contribution in [2.24, 2.45) is 0 Å². The minimum Gasteiger partial charge on any atom is -0.237 e. The first-order chi connectivity index (χ1) is 10.2. The molecule has 0 aromatic heterocycles. The molecule has 0 saturated carbocycles. The Morgan fingerprint density at radius 1 is 1.14 bits per heavy atom. The number of aryl methyl sites for hydroxylation is 1. The van der Waals surface area contributed by atoms with E-state index < -0.39 is 11.0 Å². The van der Waals surface area contributed by atoms with Gasteiger partial charge >= 0.3 is 0 Å². The van der Waals surface area contributed by atoms with Gasteiger partial charge in [-0.05, 0) is 37.5 Å². The summed E-state index contributed by atoms with van der Waals surface area (Å²) in [4.78, 5) is 0.806. The summed E-state index contributed by atoms with van der Waals surface area (Å²) in [6.07, 6.45) is 3.66. The molecule has 0 aliphatic carbocycles. The number of hydrogen-bond donors (Lipinski definition) is 1. The first kappa shape index (κ1) is 15.7. The van der Waals surface area contributed by atoms with E-state index in [0.717, 1.165) is 23.3 Å². The van der Waals surface area contributed by atoms with Gasteiger partial charge in [0.2, 0.25) is 0 Å². The van der Waals surface area contributed by atoms with Crippen LogP contribution >= 0.6 is 0 Å². The van der Waals surface area contributed by atoms with Crippen molar-refractivity contribution in [3.05, 3.63) is 78.4 Å². The number of nitrogens with one attached hydrogen (secondary N) is 1. The molecule has 0 bridgehead atoms. The Labute approximate surface area is 129 Å². The highest BCUT2D eigenvalue weighted by molar-refractivity contribution is 7.83. The highest BCUT2D eigenvalue weighted by Crippen LogP contribution is 2.20. The van der Waals surface area contributed by atoms with Crippen molar-refractivity contribution in [2.75, 3.05) is 0 Å². The van der Waals surface area contributed by atoms with Gasteiger partial charge in [-0.2, -0.15) is 0 Å². The summed E-state index contributed by atoms with van der Waals surface area (Å²) in [6.45, 7) is 5.79. The number of benzene rings is 2. The maximum atomic E-state index is 12.5. The lowest BCUT2D eigenvalue weighted by atomic mass is 10.0. The van der Waals surface area contributed by atoms with Gasteiger partial charge in [-0.25, -0.2) is 8.93 Å². The molecule has 0 radical (unpaired) electrons. The molecular weight excluding hydrogens is 278 g/mol. The van der Waals surface area contributed by atoms with E-state index in [4.69, 9.17) is 0 Å². The topological polar surface area (TPSA) is 29.1 Å². The molecule has 21 heavy (non-hydrogen) atoms. The van der Waals surface area contributed by atoms with Crippen molar-refractivity contribution in [1.29, 1.82) is 0 Å². The first-order valence-corrected chi connectivity index (χ1v) is 8.26. The molecule has 2 nitrogen and oxygen atoms in total. The van der Waals surface area contributed by atoms with Crippen molar-refractivity contribution in [3.8, 4) is 0 Å². The zero-order valence-electron chi connectivity index (χ0n) is 12.3. The minimum absolute atomic E-state index is 0.0614. The van der Waals surface area contributed by atoms with Gasteiger partial charge in [0.05, 0.1) is 4.90 Å². The van der Waals surface area contributed by atoms with Crippen LogP contribution in [0.2, 0.25) is 0 Å². The van der Waals surface area contributed by atoms with Gasteiger partial charge < -0.3 is 0 Å². The number of allylic oxidation sites excluding steroid dienone is 1. The Kier molecular flexibility index (Phi) is 5.90. The Balaban J connectivity index is 2.12. The second-order valence-corrected chi connectivity index (χ2v) is 6.27. The molecule has 2 rings (SSSR count). The average Bonchev–Trinajstić information content (AvgIpc) is 2.52. The van der Waals surface area contributed by atoms with E-state index in [9.17, 15) is 4.21 Å². The molecule has 0 aliphatic heterocycles. The van der Waals surface area contributed by atoms with Crippen LogP contribution in [-0.4, -0.2) is 4.21 Å². The molecule has 110 valence electrons. The van der Waals surface area contributed by atoms with Crippen molar-refractivity contribution in [3.63, 3.8) is 0 Å². The zero-order chi connectivity index (χ0) is 15.1. The maximum Gasteiger partial charge on any atom is 0.125 e. The van der Waals surface area contributed by atoms with Crippen molar-refractivity contribution in [1.82, 2.24) is 4.72 Å². The average molecular weight is 299 g/mol. The van der Waals surface area contributed by atoms with Gasteiger partial charge in [0.1, 0.15) is 11.0 Å². The number of hydrogen-bond acceptors (Lipinski definition) is 1. The second-order valence-electron chi connectivity index (χ2n) is 5.03. The molecule has 0 spiro atoms. The van der Waals surface area contributed by atoms with Crippen LogP contribution in [-0.2, 0) is 11.0 Å². The van der Waals surface area contributed by atoms with Crippen LogP contribution in [0, 0.1) is 6.92 Å². The Bertz CT molecular complexity index is 592. The van der Waals surface area contributed by atoms with Crippen molar-refractivity contribution < 1.29 is 4.21 Å². The molecule has 1 unspecified atom stereocenters. The molecule has 0 amide bonds. The SMILES string of the molecule is C=CCC[C@H](NS(=O)c1ccc(C)cc1)c1ccccc1. The molecule has 0 aliphatic rings. The molecule has 0 heterocycles. The predicted molar refractivity (Wildman–Crippen MR) is 89.3 cm³/mol. The summed E-state index contributed by atoms with van der Waals surface area (Å²) in [6, 6.07) is 18.0. The summed E-state index contributed by atoms with van der Waals surface area (Å²) in [7, 11) is -1.21. The van der Waals surface area contributed by atoms with Gasteiger partial charge in [-0.15, -0.1) is 6.58 Å². The highest BCUT2D eigenvalue weighted by atomic mass is 32.2. The Morgan fingerprint density at radius 2 is 1.81 bits per heavy atom. The summed E-state index contributed by atoms with van der Waals surface area (Å²) >= 11 is 0. The summed E-state index contributed by atoms with van der Waals surface area (Å²) in [5.41, 5.74) is 2.32. The zero-order valence-corrected chi connectivity index (χ0v) is 13.1. The lowest BCUT2D eigenvalue weighted by molar-refractivity contribution is 0.594. The third-order valence-electron chi connectivity index (χ3n) is 3.35. The maximum absolute atomic E-state index is 12.5. The van der Waals surface area contributed by atoms with E-state index in [1.54, 1.807) is 0 Å². The van der Waals surface area contributed by atoms with E-state index in [1.165, 1.54) is 5.56 Å². The fourth-order valence-electron chi connectivity index (χ4n) is 2.12. The summed E-state index contributed by atoms with van der Waals surface area (Å²) < 4.78 is 15.7. The van der Waals surface area contributed by atoms with E-state index in [2.05, 4.69) is 23.4 Å². The lowest BCUT2D eigenvalue weighted by Gasteiger charge is -2.18. The van der Waals surface area contributed by atoms with Crippen LogP contribution < -0.4 is 4.72 Å². The molecule has 0 saturated heterocycles. The quantitative estimate of drug-likeness (QED) is 0.758. The normalized spacial score (nSPS) is 13.6. The van der Waals surface area contributed by atoms with Gasteiger partial charge in [0.25, 0.3) is 0 Å². The van der Waals surface area contributed by atoms with Crippen LogP contribution in [0.1, 0.15) is 30.0 Å². The van der Waals surface area contributed by atoms with Crippen LogP contribution in [0.25, 0.3) is 0 Å². The van der Waals surface area contributed by atoms with Gasteiger partial charge in [0, 0.05) is 6.04 Å². The Morgan fingerprint density at radius 3 is 2.43 bits per heavy atom. The first-order valence-electron chi connectivity index (χ1n) is 7.11. The summed E-state index contributed by atoms with van der Waals surface area (Å²) in [5, 5.41) is 0. The molecule has 0 fully saturated rings. The van der Waals surface area contributed by atoms with E-state index >= 15 is 0 Å². The third kappa shape index (κ3) is 4.66. The van der Waals surface area contributed by atoms with Gasteiger partial charge in [0.15, 0.2) is 0 Å². The monoisotopic (exact) mass is 299 g/mol. The number of rotatable bonds is 7. The van der Waals surface area contributed by atoms with Crippen LogP contribution in [0.5, 0.6) is 0 Å². The third-order valence-corrected chi connectivity index (χ3v) is 4.54. The van der Waals surface area contributed by atoms with Crippen molar-refractivity contribution >= 4 is 11.0 Å². The smallest absolute Gasteiger partial charge is 0.125 e. The van der Waals surface area contributed by atoms with Crippen LogP contribution in [0.4, 0.5) is 0 Å². The second kappa shape index (κ2) is 7.91. The molecular formula is C18H21NOS. The fraction of sp³-hybridized carbons (Fsp3) is 0.222. The standard InChI is InChI=1S/C18H21NOS/c1-3-4-10-18(16-8-6-5-7-9-16)19-21(20)17-13-11-15(2)12-14-17/h3,5-9,11-14,18-19H,1,4,10H2,2H3/t18-,21?/m0/s1. The molecule has 1 N–H and O–H groups in total. The van der Waals surface area contributed by atoms with E-state index in [-0.39, 0.29) is 6.04 Å². The largest absolute Gasteiger partial charge is 0.237 e. The lowest BCUT2D eigenvalue weighted by Crippen LogP contribution is -2.23. The van der Waals surface area contributed by atoms with Crippen LogP contribution in [0.3, 0.4) is 0 Å². The predicted octanol–water partition coefficient (Wildman–Crippen LogP) is 4.31. The molecule has 3 heteroatoms. The minimum atomic E-state index is -1.21. The molecule has 2 aromatic rings. The van der Waals surface area contributed by atoms with Gasteiger partial charge in [-0.1, -0.05) is 54.1 Å². The Hall–Kier alpha value is -1.71. The highest BCUT2D eigenvalue weighted by Gasteiger charge is 2.14. The molecule has 2 aromatic carbocycles. The van der Waals surface area contributed by atoms with Crippen LogP contribution in [0.15, 0.2) is 72.1 Å².